The summed E-state index contributed by atoms with van der Waals surface area (Å²) in [5.41, 5.74) is 0.373. The van der Waals surface area contributed by atoms with E-state index in [4.69, 9.17) is 14.3 Å². The van der Waals surface area contributed by atoms with E-state index in [2.05, 4.69) is 0 Å². The van der Waals surface area contributed by atoms with Crippen LogP contribution in [0.25, 0.3) is 11.0 Å². The van der Waals surface area contributed by atoms with E-state index < -0.39 is 18.2 Å². The second-order valence-corrected chi connectivity index (χ2v) is 3.52. The molecule has 1 heterocycles. The van der Waals surface area contributed by atoms with Gasteiger partial charge in [0.1, 0.15) is 5.58 Å². The Morgan fingerprint density at radius 1 is 1.41 bits per heavy atom. The summed E-state index contributed by atoms with van der Waals surface area (Å²) in [7, 11) is 0. The van der Waals surface area contributed by atoms with Gasteiger partial charge >= 0.3 is 11.6 Å². The lowest BCUT2D eigenvalue weighted by molar-refractivity contribution is -0.139. The van der Waals surface area contributed by atoms with Gasteiger partial charge in [-0.25, -0.2) is 9.59 Å². The van der Waals surface area contributed by atoms with Crippen LogP contribution in [-0.4, -0.2) is 17.7 Å². The summed E-state index contributed by atoms with van der Waals surface area (Å²) in [5.74, 6) is -1.19. The molecule has 0 aliphatic rings. The first kappa shape index (κ1) is 11.2. The molecule has 0 radical (unpaired) electrons. The third-order valence-corrected chi connectivity index (χ3v) is 2.36. The minimum atomic E-state index is -1.14. The van der Waals surface area contributed by atoms with Gasteiger partial charge in [-0.3, -0.25) is 0 Å². The quantitative estimate of drug-likeness (QED) is 0.815. The summed E-state index contributed by atoms with van der Waals surface area (Å²) >= 11 is 0. The first-order valence-electron chi connectivity index (χ1n) is 4.96. The molecule has 0 unspecified atom stereocenters. The van der Waals surface area contributed by atoms with Crippen molar-refractivity contribution in [1.82, 2.24) is 0 Å². The Hall–Kier alpha value is -2.30. The first-order chi connectivity index (χ1) is 8.09. The Balaban J connectivity index is 2.56. The molecule has 0 fully saturated rings. The topological polar surface area (TPSA) is 76.7 Å². The van der Waals surface area contributed by atoms with Crippen LogP contribution in [0.3, 0.4) is 0 Å². The third kappa shape index (κ3) is 2.13. The zero-order valence-electron chi connectivity index (χ0n) is 9.10. The van der Waals surface area contributed by atoms with Crippen LogP contribution in [0, 0.1) is 6.92 Å². The molecule has 2 aromatic rings. The van der Waals surface area contributed by atoms with Gasteiger partial charge in [-0.05, 0) is 13.0 Å². The van der Waals surface area contributed by atoms with Gasteiger partial charge in [0, 0.05) is 10.9 Å². The van der Waals surface area contributed by atoms with Crippen molar-refractivity contribution in [1.29, 1.82) is 0 Å². The van der Waals surface area contributed by atoms with Crippen LogP contribution in [-0.2, 0) is 4.79 Å². The number of carbonyl (C=O) groups is 1. The molecule has 0 aliphatic carbocycles. The van der Waals surface area contributed by atoms with Gasteiger partial charge < -0.3 is 14.3 Å². The molecule has 2 rings (SSSR count). The minimum absolute atomic E-state index is 0.0499. The van der Waals surface area contributed by atoms with Crippen molar-refractivity contribution in [2.45, 2.75) is 6.92 Å². The Kier molecular flexibility index (Phi) is 2.82. The highest BCUT2D eigenvalue weighted by Gasteiger charge is 2.13. The summed E-state index contributed by atoms with van der Waals surface area (Å²) in [6.07, 6.45) is 0. The van der Waals surface area contributed by atoms with Crippen LogP contribution in [0.4, 0.5) is 0 Å². The smallest absolute Gasteiger partial charge is 0.379 e. The molecule has 17 heavy (non-hydrogen) atoms. The monoisotopic (exact) mass is 234 g/mol. The number of fused-ring (bicyclic) bond motifs is 1. The molecule has 5 nitrogen and oxygen atoms in total. The lowest BCUT2D eigenvalue weighted by Gasteiger charge is -2.07. The van der Waals surface area contributed by atoms with E-state index in [-0.39, 0.29) is 5.75 Å². The molecule has 1 aromatic heterocycles. The number of para-hydroxylation sites is 1. The number of hydrogen-bond donors (Lipinski definition) is 1. The van der Waals surface area contributed by atoms with E-state index in [1.165, 1.54) is 0 Å². The molecule has 88 valence electrons. The van der Waals surface area contributed by atoms with Crippen molar-refractivity contribution in [3.05, 3.63) is 40.2 Å². The van der Waals surface area contributed by atoms with Crippen molar-refractivity contribution >= 4 is 16.9 Å². The Labute approximate surface area is 96.2 Å². The summed E-state index contributed by atoms with van der Waals surface area (Å²) in [6.45, 7) is 1.13. The van der Waals surface area contributed by atoms with Gasteiger partial charge in [-0.1, -0.05) is 18.2 Å². The normalized spacial score (nSPS) is 10.4. The molecule has 0 bridgehead atoms. The van der Waals surface area contributed by atoms with Crippen LogP contribution < -0.4 is 10.4 Å². The predicted octanol–water partition coefficient (Wildman–Crippen LogP) is 1.56. The standard InChI is InChI=1S/C12H10O5/c1-7-8-4-2-3-5-9(8)17-12(15)11(7)16-6-10(13)14/h2-5H,6H2,1H3,(H,13,14). The summed E-state index contributed by atoms with van der Waals surface area (Å²) in [4.78, 5) is 22.0. The highest BCUT2D eigenvalue weighted by molar-refractivity contribution is 5.81. The molecule has 0 atom stereocenters. The number of ether oxygens (including phenoxy) is 1. The largest absolute Gasteiger partial charge is 0.479 e. The Bertz CT molecular complexity index is 626. The number of hydrogen-bond acceptors (Lipinski definition) is 4. The maximum Gasteiger partial charge on any atom is 0.379 e. The maximum atomic E-state index is 11.6. The van der Waals surface area contributed by atoms with Crippen molar-refractivity contribution in [3.8, 4) is 5.75 Å². The zero-order chi connectivity index (χ0) is 12.4. The van der Waals surface area contributed by atoms with Gasteiger partial charge in [0.15, 0.2) is 6.61 Å². The average Bonchev–Trinajstić information content (AvgIpc) is 2.28. The van der Waals surface area contributed by atoms with Crippen LogP contribution in [0.2, 0.25) is 0 Å². The highest BCUT2D eigenvalue weighted by Crippen LogP contribution is 2.23. The molecule has 0 saturated carbocycles. The molecule has 0 aliphatic heterocycles. The van der Waals surface area contributed by atoms with Crippen LogP contribution >= 0.6 is 0 Å². The zero-order valence-corrected chi connectivity index (χ0v) is 9.10. The van der Waals surface area contributed by atoms with E-state index in [0.29, 0.717) is 11.1 Å². The van der Waals surface area contributed by atoms with Gasteiger partial charge in [0.25, 0.3) is 0 Å². The van der Waals surface area contributed by atoms with E-state index in [0.717, 1.165) is 5.39 Å². The summed E-state index contributed by atoms with van der Waals surface area (Å²) in [5, 5.41) is 9.24. The number of benzene rings is 1. The van der Waals surface area contributed by atoms with Gasteiger partial charge in [-0.15, -0.1) is 0 Å². The predicted molar refractivity (Wildman–Crippen MR) is 60.4 cm³/mol. The van der Waals surface area contributed by atoms with Crippen molar-refractivity contribution in [2.75, 3.05) is 6.61 Å². The number of carboxylic acid groups (broad SMARTS) is 1. The summed E-state index contributed by atoms with van der Waals surface area (Å²) in [6, 6.07) is 7.00. The lowest BCUT2D eigenvalue weighted by atomic mass is 10.1. The summed E-state index contributed by atoms with van der Waals surface area (Å²) < 4.78 is 9.96. The average molecular weight is 234 g/mol. The lowest BCUT2D eigenvalue weighted by Crippen LogP contribution is -2.15. The highest BCUT2D eigenvalue weighted by atomic mass is 16.5. The van der Waals surface area contributed by atoms with Crippen LogP contribution in [0.5, 0.6) is 5.75 Å². The molecule has 0 amide bonds. The minimum Gasteiger partial charge on any atom is -0.479 e. The van der Waals surface area contributed by atoms with E-state index in [1.54, 1.807) is 31.2 Å². The second-order valence-electron chi connectivity index (χ2n) is 3.52. The third-order valence-electron chi connectivity index (χ3n) is 2.36. The number of rotatable bonds is 3. The molecule has 1 aromatic carbocycles. The van der Waals surface area contributed by atoms with Crippen LogP contribution in [0.15, 0.2) is 33.5 Å². The van der Waals surface area contributed by atoms with Crippen molar-refractivity contribution in [3.63, 3.8) is 0 Å². The van der Waals surface area contributed by atoms with E-state index in [9.17, 15) is 9.59 Å². The molecule has 0 saturated heterocycles. The maximum absolute atomic E-state index is 11.6. The fraction of sp³-hybridized carbons (Fsp3) is 0.167. The van der Waals surface area contributed by atoms with Crippen molar-refractivity contribution < 1.29 is 19.1 Å². The van der Waals surface area contributed by atoms with E-state index >= 15 is 0 Å². The fourth-order valence-corrected chi connectivity index (χ4v) is 1.59. The first-order valence-corrected chi connectivity index (χ1v) is 4.96. The SMILES string of the molecule is Cc1c(OCC(=O)O)c(=O)oc2ccccc12. The van der Waals surface area contributed by atoms with Crippen molar-refractivity contribution in [2.24, 2.45) is 0 Å². The van der Waals surface area contributed by atoms with E-state index in [1.807, 2.05) is 0 Å². The van der Waals surface area contributed by atoms with Gasteiger partial charge in [0.2, 0.25) is 5.75 Å². The fourth-order valence-electron chi connectivity index (χ4n) is 1.59. The van der Waals surface area contributed by atoms with Crippen LogP contribution in [0.1, 0.15) is 5.56 Å². The molecule has 5 heteroatoms. The number of aliphatic carboxylic acids is 1. The second kappa shape index (κ2) is 4.29. The number of aryl methyl sites for hydroxylation is 1. The Morgan fingerprint density at radius 3 is 2.82 bits per heavy atom. The molecule has 1 N–H and O–H groups in total. The Morgan fingerprint density at radius 2 is 2.12 bits per heavy atom. The van der Waals surface area contributed by atoms with Gasteiger partial charge in [-0.2, -0.15) is 0 Å². The van der Waals surface area contributed by atoms with Gasteiger partial charge in [0.05, 0.1) is 0 Å². The number of carboxylic acids is 1. The molecule has 0 spiro atoms. The molecular formula is C12H10O5. The molecular weight excluding hydrogens is 224 g/mol.